The quantitative estimate of drug-likeness (QED) is 0.277. The highest BCUT2D eigenvalue weighted by molar-refractivity contribution is 7.91. The number of benzene rings is 1. The summed E-state index contributed by atoms with van der Waals surface area (Å²) < 4.78 is 106. The van der Waals surface area contributed by atoms with Gasteiger partial charge in [0.25, 0.3) is 0 Å². The summed E-state index contributed by atoms with van der Waals surface area (Å²) in [5.74, 6) is -0.466. The van der Waals surface area contributed by atoms with Crippen LogP contribution in [0.1, 0.15) is 42.4 Å². The molecule has 1 saturated carbocycles. The molecule has 5 rings (SSSR count). The molecule has 0 atom stereocenters. The first-order chi connectivity index (χ1) is 17.3. The van der Waals surface area contributed by atoms with Gasteiger partial charge in [0, 0.05) is 18.0 Å². The van der Waals surface area contributed by atoms with Gasteiger partial charge in [-0.15, -0.1) is 0 Å². The lowest BCUT2D eigenvalue weighted by molar-refractivity contribution is -0.138. The fourth-order valence-electron chi connectivity index (χ4n) is 4.22. The lowest BCUT2D eigenvalue weighted by atomic mass is 9.97. The molecule has 0 aliphatic heterocycles. The molecule has 12 heteroatoms. The van der Waals surface area contributed by atoms with Crippen molar-refractivity contribution in [3.63, 3.8) is 0 Å². The van der Waals surface area contributed by atoms with Crippen molar-refractivity contribution >= 4 is 20.9 Å². The molecule has 0 unspecified atom stereocenters. The molecule has 5 nitrogen and oxygen atoms in total. The number of H-pyrrole nitrogens is 1. The number of nitrogens with zero attached hydrogens (tertiary/aromatic N) is 2. The summed E-state index contributed by atoms with van der Waals surface area (Å²) >= 11 is 0. The largest absolute Gasteiger partial charge is 0.417 e. The van der Waals surface area contributed by atoms with Gasteiger partial charge in [0.05, 0.1) is 38.5 Å². The van der Waals surface area contributed by atoms with Gasteiger partial charge in [-0.3, -0.25) is 9.97 Å². The Morgan fingerprint density at radius 1 is 0.919 bits per heavy atom. The monoisotopic (exact) mass is 539 g/mol. The molecule has 3 heterocycles. The molecule has 1 aliphatic rings. The Morgan fingerprint density at radius 3 is 2.27 bits per heavy atom. The van der Waals surface area contributed by atoms with E-state index in [1.54, 1.807) is 0 Å². The first kappa shape index (κ1) is 25.2. The highest BCUT2D eigenvalue weighted by Gasteiger charge is 2.38. The fraction of sp³-hybridized carbons (Fsp3) is 0.280. The molecule has 1 fully saturated rings. The number of hydrogen-bond acceptors (Lipinski definition) is 4. The fourth-order valence-corrected chi connectivity index (χ4v) is 5.29. The Balaban J connectivity index is 1.64. The van der Waals surface area contributed by atoms with E-state index in [4.69, 9.17) is 0 Å². The average molecular weight is 540 g/mol. The predicted octanol–water partition coefficient (Wildman–Crippen LogP) is 7.00. The first-order valence-corrected chi connectivity index (χ1v) is 12.9. The second-order valence-corrected chi connectivity index (χ2v) is 11.1. The van der Waals surface area contributed by atoms with Gasteiger partial charge in [0.2, 0.25) is 0 Å². The molecular weight excluding hydrogens is 520 g/mol. The maximum atomic E-state index is 13.8. The Morgan fingerprint density at radius 2 is 1.65 bits per heavy atom. The number of sulfone groups is 1. The second-order valence-electron chi connectivity index (χ2n) is 8.89. The van der Waals surface area contributed by atoms with Crippen molar-refractivity contribution in [2.45, 2.75) is 42.9 Å². The Bertz CT molecular complexity index is 1620. The van der Waals surface area contributed by atoms with Crippen molar-refractivity contribution in [3.05, 3.63) is 65.5 Å². The molecule has 3 aromatic heterocycles. The third-order valence-electron chi connectivity index (χ3n) is 6.33. The van der Waals surface area contributed by atoms with Crippen molar-refractivity contribution in [2.24, 2.45) is 0 Å². The lowest BCUT2D eigenvalue weighted by Gasteiger charge is -2.15. The molecule has 194 valence electrons. The minimum absolute atomic E-state index is 0.0287. The van der Waals surface area contributed by atoms with E-state index in [1.165, 1.54) is 37.4 Å². The summed E-state index contributed by atoms with van der Waals surface area (Å²) in [6.45, 7) is 1.40. The number of aromatic nitrogens is 3. The molecular formula is C25H19F6N3O2S. The number of nitrogens with one attached hydrogen (secondary N) is 1. The molecule has 1 N–H and O–H groups in total. The van der Waals surface area contributed by atoms with Gasteiger partial charge < -0.3 is 4.98 Å². The number of alkyl halides is 6. The molecule has 0 amide bonds. The van der Waals surface area contributed by atoms with Crippen molar-refractivity contribution in [1.29, 1.82) is 0 Å². The smallest absolute Gasteiger partial charge is 0.352 e. The standard InChI is InChI=1S/C25H19F6N3O2S/c1-2-37(35,36)22-8-15(14-5-6-17(13-3-4-13)18(7-14)25(29,30)31)11-33-23(22)21-10-19-20(34-21)9-16(12-32-19)24(26,27)28/h5-13,34H,2-4H2,1H3. The van der Waals surface area contributed by atoms with Crippen LogP contribution in [0.25, 0.3) is 33.5 Å². The van der Waals surface area contributed by atoms with Gasteiger partial charge in [-0.2, -0.15) is 26.3 Å². The van der Waals surface area contributed by atoms with Crippen LogP contribution in [-0.2, 0) is 22.2 Å². The number of pyridine rings is 2. The first-order valence-electron chi connectivity index (χ1n) is 11.3. The van der Waals surface area contributed by atoms with Crippen LogP contribution in [0.4, 0.5) is 26.3 Å². The van der Waals surface area contributed by atoms with Crippen LogP contribution in [0.15, 0.2) is 53.7 Å². The zero-order valence-corrected chi connectivity index (χ0v) is 20.0. The van der Waals surface area contributed by atoms with Crippen LogP contribution in [0.2, 0.25) is 0 Å². The number of aromatic amines is 1. The minimum atomic E-state index is -4.62. The molecule has 1 aliphatic carbocycles. The number of halogens is 6. The van der Waals surface area contributed by atoms with Crippen LogP contribution in [0.5, 0.6) is 0 Å². The van der Waals surface area contributed by atoms with Crippen molar-refractivity contribution in [1.82, 2.24) is 15.0 Å². The summed E-state index contributed by atoms with van der Waals surface area (Å²) in [4.78, 5) is 10.5. The molecule has 0 spiro atoms. The van der Waals surface area contributed by atoms with Gasteiger partial charge in [0.15, 0.2) is 9.84 Å². The number of fused-ring (bicyclic) bond motifs is 1. The van der Waals surface area contributed by atoms with E-state index < -0.39 is 33.3 Å². The second kappa shape index (κ2) is 8.57. The van der Waals surface area contributed by atoms with Gasteiger partial charge >= 0.3 is 12.4 Å². The summed E-state index contributed by atoms with van der Waals surface area (Å²) in [5.41, 5.74) is -0.977. The molecule has 0 saturated heterocycles. The van der Waals surface area contributed by atoms with E-state index in [1.807, 2.05) is 0 Å². The minimum Gasteiger partial charge on any atom is -0.352 e. The summed E-state index contributed by atoms with van der Waals surface area (Å²) in [6.07, 6.45) is -5.91. The highest BCUT2D eigenvalue weighted by atomic mass is 32.2. The lowest BCUT2D eigenvalue weighted by Crippen LogP contribution is -2.09. The third kappa shape index (κ3) is 4.81. The summed E-state index contributed by atoms with van der Waals surface area (Å²) in [7, 11) is -3.93. The molecule has 0 radical (unpaired) electrons. The van der Waals surface area contributed by atoms with Crippen LogP contribution < -0.4 is 0 Å². The average Bonchev–Trinajstić information content (AvgIpc) is 3.60. The van der Waals surface area contributed by atoms with Crippen LogP contribution in [0.3, 0.4) is 0 Å². The van der Waals surface area contributed by atoms with Crippen molar-refractivity contribution in [3.8, 4) is 22.5 Å². The number of rotatable bonds is 5. The molecule has 4 aromatic rings. The van der Waals surface area contributed by atoms with Gasteiger partial charge in [-0.25, -0.2) is 8.42 Å². The van der Waals surface area contributed by atoms with Crippen molar-refractivity contribution < 1.29 is 34.8 Å². The highest BCUT2D eigenvalue weighted by Crippen LogP contribution is 2.47. The van der Waals surface area contributed by atoms with E-state index in [9.17, 15) is 34.8 Å². The van der Waals surface area contributed by atoms with E-state index >= 15 is 0 Å². The summed E-state index contributed by atoms with van der Waals surface area (Å²) in [6, 6.07) is 7.39. The normalized spacial score (nSPS) is 14.9. The van der Waals surface area contributed by atoms with Gasteiger partial charge in [0.1, 0.15) is 5.69 Å². The predicted molar refractivity (Wildman–Crippen MR) is 124 cm³/mol. The number of hydrogen-bond donors (Lipinski definition) is 1. The van der Waals surface area contributed by atoms with Crippen LogP contribution in [0, 0.1) is 0 Å². The van der Waals surface area contributed by atoms with E-state index in [0.717, 1.165) is 12.1 Å². The van der Waals surface area contributed by atoms with E-state index in [2.05, 4.69) is 15.0 Å². The maximum absolute atomic E-state index is 13.8. The SMILES string of the molecule is CCS(=O)(=O)c1cc(-c2ccc(C3CC3)c(C(F)(F)F)c2)cnc1-c1cc2ncc(C(F)(F)F)cc2[nH]1. The molecule has 37 heavy (non-hydrogen) atoms. The molecule has 1 aromatic carbocycles. The zero-order chi connectivity index (χ0) is 26.8. The van der Waals surface area contributed by atoms with Gasteiger partial charge in [-0.05, 0) is 54.2 Å². The zero-order valence-electron chi connectivity index (χ0n) is 19.2. The van der Waals surface area contributed by atoms with Gasteiger partial charge in [-0.1, -0.05) is 19.1 Å². The maximum Gasteiger partial charge on any atom is 0.417 e. The van der Waals surface area contributed by atoms with E-state index in [0.29, 0.717) is 19.0 Å². The van der Waals surface area contributed by atoms with E-state index in [-0.39, 0.29) is 55.7 Å². The van der Waals surface area contributed by atoms with Crippen LogP contribution >= 0.6 is 0 Å². The topological polar surface area (TPSA) is 75.7 Å². The van der Waals surface area contributed by atoms with Crippen molar-refractivity contribution in [2.75, 3.05) is 5.75 Å². The Hall–Kier alpha value is -3.41. The molecule has 0 bridgehead atoms. The Kier molecular flexibility index (Phi) is 5.85. The Labute approximate surface area is 207 Å². The van der Waals surface area contributed by atoms with Crippen LogP contribution in [-0.4, -0.2) is 29.1 Å². The third-order valence-corrected chi connectivity index (χ3v) is 8.07. The summed E-state index contributed by atoms with van der Waals surface area (Å²) in [5, 5.41) is 0.